The van der Waals surface area contributed by atoms with Crippen molar-refractivity contribution in [3.63, 3.8) is 0 Å². The topological polar surface area (TPSA) is 194 Å². The smallest absolute Gasteiger partial charge is 0.326 e. The fourth-order valence-electron chi connectivity index (χ4n) is 2.99. The molecule has 4 unspecified atom stereocenters. The number of carboxylic acid groups (broad SMARTS) is 1. The molecule has 0 rings (SSSR count). The van der Waals surface area contributed by atoms with Gasteiger partial charge in [-0.1, -0.05) is 13.8 Å². The van der Waals surface area contributed by atoms with Crippen molar-refractivity contribution in [3.8, 4) is 0 Å². The number of nitrogens with two attached hydrogens (primary N) is 2. The molecule has 8 N–H and O–H groups in total. The van der Waals surface area contributed by atoms with E-state index in [1.54, 1.807) is 0 Å². The highest BCUT2D eigenvalue weighted by Gasteiger charge is 2.30. The third-order valence-electron chi connectivity index (χ3n) is 4.84. The molecule has 4 amide bonds. The van der Waals surface area contributed by atoms with E-state index in [2.05, 4.69) is 16.0 Å². The summed E-state index contributed by atoms with van der Waals surface area (Å²) in [4.78, 5) is 61.0. The third kappa shape index (κ3) is 13.7. The Balaban J connectivity index is 5.48. The number of primary amides is 1. The molecule has 0 radical (unpaired) electrons. The van der Waals surface area contributed by atoms with Crippen molar-refractivity contribution in [1.82, 2.24) is 16.0 Å². The zero-order chi connectivity index (χ0) is 26.3. The van der Waals surface area contributed by atoms with Gasteiger partial charge in [0.2, 0.25) is 23.6 Å². The number of carboxylic acids is 1. The highest BCUT2D eigenvalue weighted by Crippen LogP contribution is 2.08. The van der Waals surface area contributed by atoms with Gasteiger partial charge in [-0.25, -0.2) is 4.79 Å². The summed E-state index contributed by atoms with van der Waals surface area (Å²) in [6.45, 7) is 3.85. The summed E-state index contributed by atoms with van der Waals surface area (Å²) >= 11 is 2.91. The van der Waals surface area contributed by atoms with Crippen LogP contribution in [0, 0.1) is 5.92 Å². The van der Waals surface area contributed by atoms with Gasteiger partial charge in [0.05, 0.1) is 6.04 Å². The molecular formula is C21H39N5O6S2. The minimum Gasteiger partial charge on any atom is -0.480 e. The van der Waals surface area contributed by atoms with Gasteiger partial charge >= 0.3 is 5.97 Å². The average molecular weight is 522 g/mol. The predicted octanol–water partition coefficient (Wildman–Crippen LogP) is -0.329. The van der Waals surface area contributed by atoms with Crippen LogP contribution in [0.25, 0.3) is 0 Å². The van der Waals surface area contributed by atoms with Crippen molar-refractivity contribution in [2.24, 2.45) is 17.4 Å². The molecule has 34 heavy (non-hydrogen) atoms. The van der Waals surface area contributed by atoms with Crippen LogP contribution in [0.2, 0.25) is 0 Å². The van der Waals surface area contributed by atoms with Gasteiger partial charge < -0.3 is 32.5 Å². The fraction of sp³-hybridized carbons (Fsp3) is 0.762. The van der Waals surface area contributed by atoms with E-state index < -0.39 is 53.8 Å². The van der Waals surface area contributed by atoms with Gasteiger partial charge in [-0.2, -0.15) is 23.5 Å². The summed E-state index contributed by atoms with van der Waals surface area (Å²) in [6.07, 6.45) is 4.29. The molecule has 0 aromatic carbocycles. The van der Waals surface area contributed by atoms with Gasteiger partial charge in [0.15, 0.2) is 0 Å². The second kappa shape index (κ2) is 17.4. The van der Waals surface area contributed by atoms with Crippen molar-refractivity contribution in [2.45, 2.75) is 70.1 Å². The zero-order valence-electron chi connectivity index (χ0n) is 20.3. The zero-order valence-corrected chi connectivity index (χ0v) is 21.9. The van der Waals surface area contributed by atoms with Gasteiger partial charge in [-0.15, -0.1) is 0 Å². The second-order valence-corrected chi connectivity index (χ2v) is 10.3. The molecule has 0 aliphatic rings. The monoisotopic (exact) mass is 521 g/mol. The SMILES string of the molecule is CSCCC(NC(=O)C(CCC(N)=O)NC(=O)C(CCSC)NC(=O)C(N)CC(C)C)C(=O)O. The van der Waals surface area contributed by atoms with Crippen molar-refractivity contribution in [1.29, 1.82) is 0 Å². The molecule has 0 aromatic heterocycles. The first kappa shape index (κ1) is 32.0. The third-order valence-corrected chi connectivity index (χ3v) is 6.13. The summed E-state index contributed by atoms with van der Waals surface area (Å²) < 4.78 is 0. The highest BCUT2D eigenvalue weighted by atomic mass is 32.2. The number of hydrogen-bond donors (Lipinski definition) is 6. The quantitative estimate of drug-likeness (QED) is 0.140. The molecular weight excluding hydrogens is 482 g/mol. The maximum atomic E-state index is 13.0. The van der Waals surface area contributed by atoms with Crippen LogP contribution in [-0.4, -0.2) is 82.9 Å². The summed E-state index contributed by atoms with van der Waals surface area (Å²) in [5.41, 5.74) is 11.1. The maximum absolute atomic E-state index is 13.0. The van der Waals surface area contributed by atoms with Crippen molar-refractivity contribution < 1.29 is 29.1 Å². The van der Waals surface area contributed by atoms with Crippen molar-refractivity contribution in [2.75, 3.05) is 24.0 Å². The largest absolute Gasteiger partial charge is 0.480 e. The second-order valence-electron chi connectivity index (χ2n) is 8.33. The molecule has 0 heterocycles. The molecule has 0 aliphatic heterocycles. The van der Waals surface area contributed by atoms with Crippen LogP contribution in [0.15, 0.2) is 0 Å². The van der Waals surface area contributed by atoms with Gasteiger partial charge in [0, 0.05) is 6.42 Å². The van der Waals surface area contributed by atoms with Crippen LogP contribution >= 0.6 is 23.5 Å². The standard InChI is InChI=1S/C21H39N5O6S2/c1-12(2)11-13(22)18(28)24-15(7-9-33-3)20(30)25-14(5-6-17(23)27)19(29)26-16(21(31)32)8-10-34-4/h12-16H,5-11,22H2,1-4H3,(H2,23,27)(H,24,28)(H,25,30)(H,26,29)(H,31,32). The van der Waals surface area contributed by atoms with Gasteiger partial charge in [0.1, 0.15) is 18.1 Å². The molecule has 0 fully saturated rings. The molecule has 11 nitrogen and oxygen atoms in total. The molecule has 0 bridgehead atoms. The lowest BCUT2D eigenvalue weighted by atomic mass is 10.0. The number of nitrogens with one attached hydrogen (secondary N) is 3. The molecule has 0 saturated carbocycles. The Bertz CT molecular complexity index is 695. The van der Waals surface area contributed by atoms with E-state index in [0.717, 1.165) is 0 Å². The van der Waals surface area contributed by atoms with Crippen LogP contribution in [0.4, 0.5) is 0 Å². The van der Waals surface area contributed by atoms with E-state index in [1.807, 2.05) is 26.4 Å². The number of hydrogen-bond acceptors (Lipinski definition) is 8. The Kier molecular flexibility index (Phi) is 16.4. The molecule has 13 heteroatoms. The van der Waals surface area contributed by atoms with E-state index in [-0.39, 0.29) is 25.2 Å². The lowest BCUT2D eigenvalue weighted by Gasteiger charge is -2.25. The van der Waals surface area contributed by atoms with Crippen molar-refractivity contribution >= 4 is 53.1 Å². The Hall–Kier alpha value is -1.99. The average Bonchev–Trinajstić information content (AvgIpc) is 2.75. The van der Waals surface area contributed by atoms with Crippen LogP contribution in [0.3, 0.4) is 0 Å². The molecule has 0 aliphatic carbocycles. The minimum atomic E-state index is -1.20. The number of amides is 4. The normalized spacial score (nSPS) is 14.5. The van der Waals surface area contributed by atoms with Crippen LogP contribution in [0.1, 0.15) is 46.0 Å². The van der Waals surface area contributed by atoms with E-state index in [0.29, 0.717) is 24.3 Å². The molecule has 0 spiro atoms. The Morgan fingerprint density at radius 1 is 0.794 bits per heavy atom. The number of rotatable bonds is 18. The number of thioether (sulfide) groups is 2. The van der Waals surface area contributed by atoms with Crippen LogP contribution in [-0.2, 0) is 24.0 Å². The fourth-order valence-corrected chi connectivity index (χ4v) is 3.93. The number of carbonyl (C=O) groups excluding carboxylic acids is 4. The summed E-state index contributed by atoms with van der Waals surface area (Å²) in [7, 11) is 0. The van der Waals surface area contributed by atoms with Crippen LogP contribution in [0.5, 0.6) is 0 Å². The van der Waals surface area contributed by atoms with E-state index in [1.165, 1.54) is 23.5 Å². The number of aliphatic carboxylic acids is 1. The Morgan fingerprint density at radius 2 is 1.24 bits per heavy atom. The highest BCUT2D eigenvalue weighted by molar-refractivity contribution is 7.98. The molecule has 0 aromatic rings. The first-order valence-corrected chi connectivity index (χ1v) is 13.9. The van der Waals surface area contributed by atoms with E-state index in [4.69, 9.17) is 11.5 Å². The first-order chi connectivity index (χ1) is 15.9. The molecule has 0 saturated heterocycles. The number of carbonyl (C=O) groups is 5. The summed E-state index contributed by atoms with van der Waals surface area (Å²) in [5.74, 6) is -2.46. The minimum absolute atomic E-state index is 0.113. The summed E-state index contributed by atoms with van der Waals surface area (Å²) in [6, 6.07) is -4.08. The van der Waals surface area contributed by atoms with E-state index in [9.17, 15) is 29.1 Å². The summed E-state index contributed by atoms with van der Waals surface area (Å²) in [5, 5.41) is 17.0. The lowest BCUT2D eigenvalue weighted by molar-refractivity contribution is -0.142. The van der Waals surface area contributed by atoms with Crippen molar-refractivity contribution in [3.05, 3.63) is 0 Å². The van der Waals surface area contributed by atoms with Gasteiger partial charge in [-0.05, 0) is 55.6 Å². The maximum Gasteiger partial charge on any atom is 0.326 e. The lowest BCUT2D eigenvalue weighted by Crippen LogP contribution is -2.57. The Labute approximate surface area is 209 Å². The van der Waals surface area contributed by atoms with E-state index >= 15 is 0 Å². The van der Waals surface area contributed by atoms with Crippen LogP contribution < -0.4 is 27.4 Å². The van der Waals surface area contributed by atoms with Gasteiger partial charge in [0.25, 0.3) is 0 Å². The molecule has 4 atom stereocenters. The molecule has 196 valence electrons. The predicted molar refractivity (Wildman–Crippen MR) is 135 cm³/mol. The Morgan fingerprint density at radius 3 is 1.68 bits per heavy atom. The van der Waals surface area contributed by atoms with Gasteiger partial charge in [-0.3, -0.25) is 19.2 Å². The first-order valence-electron chi connectivity index (χ1n) is 11.1.